The second-order valence-electron chi connectivity index (χ2n) is 3.89. The zero-order valence-electron chi connectivity index (χ0n) is 11.2. The Morgan fingerprint density at radius 2 is 2.37 bits per heavy atom. The third-order valence-corrected chi connectivity index (χ3v) is 3.04. The molecule has 102 valence electrons. The summed E-state index contributed by atoms with van der Waals surface area (Å²) >= 11 is 1.69. The second-order valence-corrected chi connectivity index (χ2v) is 4.88. The maximum Gasteiger partial charge on any atom is 0.273 e. The van der Waals surface area contributed by atoms with Crippen LogP contribution in [0.5, 0.6) is 0 Å². The molecule has 4 nitrogen and oxygen atoms in total. The molecule has 0 saturated carbocycles. The Balaban J connectivity index is 2.88. The Labute approximate surface area is 118 Å². The molecular weight excluding hydrogens is 260 g/mol. The van der Waals surface area contributed by atoms with Gasteiger partial charge in [-0.2, -0.15) is 11.8 Å². The number of aromatic nitrogens is 1. The molecule has 19 heavy (non-hydrogen) atoms. The molecule has 0 unspecified atom stereocenters. The Kier molecular flexibility index (Phi) is 7.01. The van der Waals surface area contributed by atoms with Gasteiger partial charge in [0.2, 0.25) is 0 Å². The number of aliphatic hydroxyl groups excluding tert-OH is 1. The molecule has 1 heterocycles. The SMILES string of the molecule is CSCCN(C)C(=O)c1ncccc1C#CCCO. The minimum absolute atomic E-state index is 0.0180. The standard InChI is InChI=1S/C14H18N2O2S/c1-16(9-11-19-2)14(18)13-12(6-3-4-10-17)7-5-8-15-13/h5,7-8,17H,4,9-11H2,1-2H3. The van der Waals surface area contributed by atoms with E-state index in [9.17, 15) is 4.79 Å². The summed E-state index contributed by atoms with van der Waals surface area (Å²) in [6, 6.07) is 3.52. The molecule has 5 heteroatoms. The average Bonchev–Trinajstić information content (AvgIpc) is 2.44. The predicted octanol–water partition coefficient (Wildman–Crippen LogP) is 1.25. The molecule has 0 aliphatic heterocycles. The molecule has 1 aromatic rings. The highest BCUT2D eigenvalue weighted by Crippen LogP contribution is 2.07. The van der Waals surface area contributed by atoms with Gasteiger partial charge < -0.3 is 10.0 Å². The van der Waals surface area contributed by atoms with E-state index < -0.39 is 0 Å². The fourth-order valence-electron chi connectivity index (χ4n) is 1.40. The van der Waals surface area contributed by atoms with Crippen molar-refractivity contribution >= 4 is 17.7 Å². The number of carbonyl (C=O) groups is 1. The van der Waals surface area contributed by atoms with Crippen LogP contribution in [0.15, 0.2) is 18.3 Å². The van der Waals surface area contributed by atoms with E-state index in [2.05, 4.69) is 16.8 Å². The minimum Gasteiger partial charge on any atom is -0.395 e. The van der Waals surface area contributed by atoms with Crippen molar-refractivity contribution in [3.63, 3.8) is 0 Å². The molecule has 0 spiro atoms. The van der Waals surface area contributed by atoms with E-state index >= 15 is 0 Å². The van der Waals surface area contributed by atoms with E-state index in [1.165, 1.54) is 0 Å². The summed E-state index contributed by atoms with van der Waals surface area (Å²) in [6.07, 6.45) is 3.99. The summed E-state index contributed by atoms with van der Waals surface area (Å²) < 4.78 is 0. The predicted molar refractivity (Wildman–Crippen MR) is 78.2 cm³/mol. The van der Waals surface area contributed by atoms with Crippen LogP contribution >= 0.6 is 11.8 Å². The van der Waals surface area contributed by atoms with Crippen molar-refractivity contribution in [1.29, 1.82) is 0 Å². The Morgan fingerprint density at radius 3 is 3.05 bits per heavy atom. The molecule has 1 aromatic heterocycles. The lowest BCUT2D eigenvalue weighted by molar-refractivity contribution is 0.0797. The van der Waals surface area contributed by atoms with Gasteiger partial charge in [0.1, 0.15) is 5.69 Å². The van der Waals surface area contributed by atoms with Crippen molar-refractivity contribution in [3.8, 4) is 11.8 Å². The van der Waals surface area contributed by atoms with Gasteiger partial charge in [0.25, 0.3) is 5.91 Å². The highest BCUT2D eigenvalue weighted by molar-refractivity contribution is 7.98. The van der Waals surface area contributed by atoms with Crippen LogP contribution in [0.3, 0.4) is 0 Å². The summed E-state index contributed by atoms with van der Waals surface area (Å²) in [5.74, 6) is 6.46. The fourth-order valence-corrected chi connectivity index (χ4v) is 1.86. The van der Waals surface area contributed by atoms with E-state index in [0.717, 1.165) is 5.75 Å². The molecule has 1 rings (SSSR count). The molecule has 1 amide bonds. The smallest absolute Gasteiger partial charge is 0.273 e. The van der Waals surface area contributed by atoms with Crippen LogP contribution in [-0.4, -0.2) is 53.1 Å². The van der Waals surface area contributed by atoms with Gasteiger partial charge >= 0.3 is 0 Å². The zero-order chi connectivity index (χ0) is 14.1. The molecule has 0 bridgehead atoms. The van der Waals surface area contributed by atoms with Gasteiger partial charge in [-0.05, 0) is 18.4 Å². The lowest BCUT2D eigenvalue weighted by Gasteiger charge is -2.16. The summed E-state index contributed by atoms with van der Waals surface area (Å²) in [5, 5.41) is 8.71. The molecule has 0 atom stereocenters. The Bertz CT molecular complexity index is 480. The quantitative estimate of drug-likeness (QED) is 0.824. The van der Waals surface area contributed by atoms with E-state index in [-0.39, 0.29) is 12.5 Å². The van der Waals surface area contributed by atoms with Crippen LogP contribution in [0.4, 0.5) is 0 Å². The molecule has 0 aliphatic rings. The summed E-state index contributed by atoms with van der Waals surface area (Å²) in [4.78, 5) is 18.0. The van der Waals surface area contributed by atoms with Crippen molar-refractivity contribution in [2.24, 2.45) is 0 Å². The highest BCUT2D eigenvalue weighted by atomic mass is 32.2. The number of carbonyl (C=O) groups excluding carboxylic acids is 1. The van der Waals surface area contributed by atoms with Gasteiger partial charge in [-0.25, -0.2) is 4.98 Å². The first-order chi connectivity index (χ1) is 9.20. The Morgan fingerprint density at radius 1 is 1.58 bits per heavy atom. The van der Waals surface area contributed by atoms with Gasteiger partial charge in [-0.3, -0.25) is 4.79 Å². The summed E-state index contributed by atoms with van der Waals surface area (Å²) in [5.41, 5.74) is 0.980. The van der Waals surface area contributed by atoms with Crippen molar-refractivity contribution in [2.75, 3.05) is 32.2 Å². The minimum atomic E-state index is -0.122. The van der Waals surface area contributed by atoms with Crippen molar-refractivity contribution in [2.45, 2.75) is 6.42 Å². The van der Waals surface area contributed by atoms with Crippen LogP contribution < -0.4 is 0 Å². The maximum absolute atomic E-state index is 12.2. The highest BCUT2D eigenvalue weighted by Gasteiger charge is 2.15. The van der Waals surface area contributed by atoms with Crippen LogP contribution in [0.1, 0.15) is 22.5 Å². The van der Waals surface area contributed by atoms with Crippen molar-refractivity contribution in [3.05, 3.63) is 29.6 Å². The Hall–Kier alpha value is -1.51. The van der Waals surface area contributed by atoms with Crippen LogP contribution in [0, 0.1) is 11.8 Å². The number of aliphatic hydroxyl groups is 1. The van der Waals surface area contributed by atoms with Gasteiger partial charge in [-0.1, -0.05) is 11.8 Å². The molecule has 0 radical (unpaired) electrons. The maximum atomic E-state index is 12.2. The van der Waals surface area contributed by atoms with E-state index in [0.29, 0.717) is 24.2 Å². The average molecular weight is 278 g/mol. The van der Waals surface area contributed by atoms with Crippen LogP contribution in [0.25, 0.3) is 0 Å². The first-order valence-electron chi connectivity index (χ1n) is 6.00. The van der Waals surface area contributed by atoms with Crippen molar-refractivity contribution < 1.29 is 9.90 Å². The van der Waals surface area contributed by atoms with Crippen LogP contribution in [-0.2, 0) is 0 Å². The molecule has 0 saturated heterocycles. The lowest BCUT2D eigenvalue weighted by Crippen LogP contribution is -2.30. The van der Waals surface area contributed by atoms with Gasteiger partial charge in [0.15, 0.2) is 0 Å². The largest absolute Gasteiger partial charge is 0.395 e. The topological polar surface area (TPSA) is 53.4 Å². The number of pyridine rings is 1. The lowest BCUT2D eigenvalue weighted by atomic mass is 10.1. The number of thioether (sulfide) groups is 1. The molecular formula is C14H18N2O2S. The van der Waals surface area contributed by atoms with Gasteiger partial charge in [0, 0.05) is 32.0 Å². The van der Waals surface area contributed by atoms with Crippen LogP contribution in [0.2, 0.25) is 0 Å². The summed E-state index contributed by atoms with van der Waals surface area (Å²) in [6.45, 7) is 0.699. The number of hydrogen-bond acceptors (Lipinski definition) is 4. The third kappa shape index (κ3) is 4.93. The third-order valence-electron chi connectivity index (χ3n) is 2.45. The van der Waals surface area contributed by atoms with E-state index in [1.807, 2.05) is 6.26 Å². The first kappa shape index (κ1) is 15.5. The molecule has 0 aromatic carbocycles. The van der Waals surface area contributed by atoms with Crippen molar-refractivity contribution in [1.82, 2.24) is 9.88 Å². The summed E-state index contributed by atoms with van der Waals surface area (Å²) in [7, 11) is 1.76. The molecule has 0 aliphatic carbocycles. The second kappa shape index (κ2) is 8.57. The van der Waals surface area contributed by atoms with E-state index in [4.69, 9.17) is 5.11 Å². The normalized spacial score (nSPS) is 9.63. The molecule has 1 N–H and O–H groups in total. The van der Waals surface area contributed by atoms with Gasteiger partial charge in [-0.15, -0.1) is 0 Å². The first-order valence-corrected chi connectivity index (χ1v) is 7.39. The zero-order valence-corrected chi connectivity index (χ0v) is 12.0. The number of nitrogens with zero attached hydrogens (tertiary/aromatic N) is 2. The number of rotatable bonds is 5. The molecule has 0 fully saturated rings. The van der Waals surface area contributed by atoms with Gasteiger partial charge in [0.05, 0.1) is 12.2 Å². The monoisotopic (exact) mass is 278 g/mol. The fraction of sp³-hybridized carbons (Fsp3) is 0.429. The number of hydrogen-bond donors (Lipinski definition) is 1. The van der Waals surface area contributed by atoms with E-state index in [1.54, 1.807) is 42.0 Å². The number of amides is 1.